The molecule has 4 heteroatoms. The third-order valence-electron chi connectivity index (χ3n) is 2.51. The molecule has 0 aliphatic carbocycles. The minimum atomic E-state index is -0.0316. The summed E-state index contributed by atoms with van der Waals surface area (Å²) >= 11 is 0. The Kier molecular flexibility index (Phi) is 5.47. The van der Waals surface area contributed by atoms with Gasteiger partial charge in [0, 0.05) is 11.1 Å². The number of phenols is 2. The highest BCUT2D eigenvalue weighted by Gasteiger charge is 1.98. The average molecular weight is 272 g/mol. The highest BCUT2D eigenvalue weighted by Crippen LogP contribution is 2.11. The van der Waals surface area contributed by atoms with Crippen LogP contribution in [0.3, 0.4) is 0 Å². The van der Waals surface area contributed by atoms with Crippen LogP contribution in [0.25, 0.3) is 0 Å². The number of phenolic OH excluding ortho intramolecular Hbond substituents is 2. The van der Waals surface area contributed by atoms with Crippen molar-refractivity contribution in [1.82, 2.24) is 0 Å². The molecule has 20 heavy (non-hydrogen) atoms. The summed E-state index contributed by atoms with van der Waals surface area (Å²) in [6, 6.07) is 12.6. The predicted octanol–water partition coefficient (Wildman–Crippen LogP) is 3.19. The van der Waals surface area contributed by atoms with Crippen molar-refractivity contribution in [1.29, 1.82) is 0 Å². The van der Waals surface area contributed by atoms with Gasteiger partial charge in [0.1, 0.15) is 11.5 Å². The van der Waals surface area contributed by atoms with Crippen LogP contribution >= 0.6 is 0 Å². The van der Waals surface area contributed by atoms with Gasteiger partial charge in [0.2, 0.25) is 0 Å². The summed E-state index contributed by atoms with van der Waals surface area (Å²) in [5, 5.41) is 17.8. The normalized spacial score (nSPS) is 9.30. The van der Waals surface area contributed by atoms with E-state index in [4.69, 9.17) is 10.2 Å². The molecule has 2 aromatic carbocycles. The third-order valence-corrected chi connectivity index (χ3v) is 2.51. The molecular formula is C16H16O4. The number of ketones is 2. The lowest BCUT2D eigenvalue weighted by atomic mass is 10.1. The first-order valence-electron chi connectivity index (χ1n) is 6.00. The lowest BCUT2D eigenvalue weighted by Crippen LogP contribution is -1.89. The van der Waals surface area contributed by atoms with Gasteiger partial charge in [-0.25, -0.2) is 0 Å². The van der Waals surface area contributed by atoms with Gasteiger partial charge in [-0.05, 0) is 38.1 Å². The largest absolute Gasteiger partial charge is 0.508 e. The Morgan fingerprint density at radius 1 is 0.750 bits per heavy atom. The number of hydrogen-bond acceptors (Lipinski definition) is 4. The number of Topliss-reactive ketones (excluding diaryl/α,β-unsaturated/α-hetero) is 2. The molecule has 0 spiro atoms. The molecule has 0 saturated carbocycles. The van der Waals surface area contributed by atoms with E-state index in [-0.39, 0.29) is 23.1 Å². The van der Waals surface area contributed by atoms with Crippen LogP contribution in [0.1, 0.15) is 34.6 Å². The van der Waals surface area contributed by atoms with Crippen molar-refractivity contribution in [3.8, 4) is 11.5 Å². The third kappa shape index (κ3) is 4.94. The number of carbonyl (C=O) groups is 2. The molecule has 2 rings (SSSR count). The van der Waals surface area contributed by atoms with E-state index in [0.29, 0.717) is 11.1 Å². The van der Waals surface area contributed by atoms with Crippen LogP contribution in [-0.2, 0) is 0 Å². The number of benzene rings is 2. The summed E-state index contributed by atoms with van der Waals surface area (Å²) in [4.78, 5) is 21.4. The van der Waals surface area contributed by atoms with Gasteiger partial charge in [-0.3, -0.25) is 9.59 Å². The van der Waals surface area contributed by atoms with E-state index in [9.17, 15) is 9.59 Å². The molecule has 0 bridgehead atoms. The quantitative estimate of drug-likeness (QED) is 0.823. The minimum Gasteiger partial charge on any atom is -0.508 e. The molecule has 0 aliphatic rings. The Balaban J connectivity index is 0.000000200. The van der Waals surface area contributed by atoms with Gasteiger partial charge in [0.05, 0.1) is 0 Å². The number of aromatic hydroxyl groups is 2. The van der Waals surface area contributed by atoms with E-state index < -0.39 is 0 Å². The van der Waals surface area contributed by atoms with Gasteiger partial charge < -0.3 is 10.2 Å². The summed E-state index contributed by atoms with van der Waals surface area (Å²) in [5.74, 6) is 0.201. The van der Waals surface area contributed by atoms with Crippen molar-refractivity contribution < 1.29 is 19.8 Å². The van der Waals surface area contributed by atoms with E-state index in [1.807, 2.05) is 0 Å². The summed E-state index contributed by atoms with van der Waals surface area (Å²) in [7, 11) is 0. The molecular weight excluding hydrogens is 256 g/mol. The van der Waals surface area contributed by atoms with Gasteiger partial charge >= 0.3 is 0 Å². The number of hydrogen-bond donors (Lipinski definition) is 2. The van der Waals surface area contributed by atoms with Crippen LogP contribution in [-0.4, -0.2) is 21.8 Å². The monoisotopic (exact) mass is 272 g/mol. The van der Waals surface area contributed by atoms with Crippen molar-refractivity contribution in [2.24, 2.45) is 0 Å². The lowest BCUT2D eigenvalue weighted by molar-refractivity contribution is 0.100. The zero-order chi connectivity index (χ0) is 15.1. The Morgan fingerprint density at radius 2 is 1.10 bits per heavy atom. The fourth-order valence-corrected chi connectivity index (χ4v) is 1.45. The van der Waals surface area contributed by atoms with Crippen LogP contribution in [0, 0.1) is 0 Å². The first-order valence-corrected chi connectivity index (χ1v) is 6.00. The minimum absolute atomic E-state index is 0.0316. The summed E-state index contributed by atoms with van der Waals surface area (Å²) in [6.45, 7) is 2.93. The highest BCUT2D eigenvalue weighted by molar-refractivity contribution is 5.94. The van der Waals surface area contributed by atoms with Gasteiger partial charge in [0.25, 0.3) is 0 Å². The molecule has 0 heterocycles. The fourth-order valence-electron chi connectivity index (χ4n) is 1.45. The molecule has 0 unspecified atom stereocenters. The lowest BCUT2D eigenvalue weighted by Gasteiger charge is -1.93. The summed E-state index contributed by atoms with van der Waals surface area (Å²) in [5.41, 5.74) is 1.08. The maximum Gasteiger partial charge on any atom is 0.159 e. The van der Waals surface area contributed by atoms with Crippen LogP contribution in [0.5, 0.6) is 11.5 Å². The van der Waals surface area contributed by atoms with E-state index >= 15 is 0 Å². The van der Waals surface area contributed by atoms with Crippen molar-refractivity contribution in [2.45, 2.75) is 13.8 Å². The SMILES string of the molecule is CC(=O)c1cccc(O)c1.CC(=O)c1cccc(O)c1. The maximum atomic E-state index is 10.7. The van der Waals surface area contributed by atoms with Gasteiger partial charge in [-0.1, -0.05) is 24.3 Å². The zero-order valence-corrected chi connectivity index (χ0v) is 11.3. The smallest absolute Gasteiger partial charge is 0.159 e. The molecule has 0 aliphatic heterocycles. The first kappa shape index (κ1) is 15.4. The van der Waals surface area contributed by atoms with Crippen molar-refractivity contribution in [2.75, 3.05) is 0 Å². The molecule has 2 N–H and O–H groups in total. The molecule has 4 nitrogen and oxygen atoms in total. The number of rotatable bonds is 2. The molecule has 104 valence electrons. The van der Waals surface area contributed by atoms with Gasteiger partial charge in [0.15, 0.2) is 11.6 Å². The predicted molar refractivity (Wildman–Crippen MR) is 76.2 cm³/mol. The van der Waals surface area contributed by atoms with Gasteiger partial charge in [-0.15, -0.1) is 0 Å². The first-order chi connectivity index (χ1) is 9.40. The van der Waals surface area contributed by atoms with Crippen molar-refractivity contribution >= 4 is 11.6 Å². The van der Waals surface area contributed by atoms with Gasteiger partial charge in [-0.2, -0.15) is 0 Å². The topological polar surface area (TPSA) is 74.6 Å². The standard InChI is InChI=1S/2C8H8O2/c2*1-6(9)7-3-2-4-8(10)5-7/h2*2-5,10H,1H3. The Bertz CT molecular complexity index is 562. The van der Waals surface area contributed by atoms with Crippen molar-refractivity contribution in [3.63, 3.8) is 0 Å². The zero-order valence-electron chi connectivity index (χ0n) is 11.3. The Morgan fingerprint density at radius 3 is 1.30 bits per heavy atom. The highest BCUT2D eigenvalue weighted by atomic mass is 16.3. The van der Waals surface area contributed by atoms with Crippen LogP contribution in [0.4, 0.5) is 0 Å². The molecule has 0 atom stereocenters. The molecule has 0 radical (unpaired) electrons. The fraction of sp³-hybridized carbons (Fsp3) is 0.125. The van der Waals surface area contributed by atoms with Crippen molar-refractivity contribution in [3.05, 3.63) is 59.7 Å². The second kappa shape index (κ2) is 7.09. The molecule has 0 aromatic heterocycles. The van der Waals surface area contributed by atoms with Crippen LogP contribution in [0.2, 0.25) is 0 Å². The maximum absolute atomic E-state index is 10.7. The second-order valence-corrected chi connectivity index (χ2v) is 4.21. The van der Waals surface area contributed by atoms with Crippen LogP contribution < -0.4 is 0 Å². The van der Waals surface area contributed by atoms with E-state index in [1.54, 1.807) is 24.3 Å². The van der Waals surface area contributed by atoms with E-state index in [1.165, 1.54) is 38.1 Å². The molecule has 2 aromatic rings. The molecule has 0 amide bonds. The summed E-state index contributed by atoms with van der Waals surface area (Å²) in [6.07, 6.45) is 0. The van der Waals surface area contributed by atoms with E-state index in [0.717, 1.165) is 0 Å². The average Bonchev–Trinajstić information content (AvgIpc) is 2.39. The molecule has 0 saturated heterocycles. The second-order valence-electron chi connectivity index (χ2n) is 4.21. The number of carbonyl (C=O) groups excluding carboxylic acids is 2. The van der Waals surface area contributed by atoms with E-state index in [2.05, 4.69) is 0 Å². The Hall–Kier alpha value is -2.62. The summed E-state index contributed by atoms with van der Waals surface area (Å²) < 4.78 is 0. The van der Waals surface area contributed by atoms with Crippen LogP contribution in [0.15, 0.2) is 48.5 Å². The Labute approximate surface area is 117 Å². The molecule has 0 fully saturated rings.